The summed E-state index contributed by atoms with van der Waals surface area (Å²) in [6.45, 7) is 0. The molecule has 0 N–H and O–H groups in total. The minimum atomic E-state index is -0.475. The molecular formula is C9H8F2O. The lowest BCUT2D eigenvalue weighted by atomic mass is 10.1. The van der Waals surface area contributed by atoms with Crippen molar-refractivity contribution in [2.75, 3.05) is 0 Å². The number of aldehydes is 1. The summed E-state index contributed by atoms with van der Waals surface area (Å²) in [5.74, 6) is -0.935. The third-order valence-electron chi connectivity index (χ3n) is 1.54. The maximum atomic E-state index is 12.8. The quantitative estimate of drug-likeness (QED) is 0.635. The van der Waals surface area contributed by atoms with Crippen molar-refractivity contribution >= 4 is 6.29 Å². The number of rotatable bonds is 3. The first-order valence-corrected chi connectivity index (χ1v) is 3.61. The van der Waals surface area contributed by atoms with Crippen LogP contribution >= 0.6 is 0 Å². The van der Waals surface area contributed by atoms with E-state index < -0.39 is 11.6 Å². The fourth-order valence-electron chi connectivity index (χ4n) is 0.949. The molecule has 0 aromatic heterocycles. The topological polar surface area (TPSA) is 17.1 Å². The van der Waals surface area contributed by atoms with E-state index in [0.29, 0.717) is 6.29 Å². The number of carbonyl (C=O) groups is 1. The number of halogens is 2. The molecule has 1 aromatic carbocycles. The maximum Gasteiger partial charge on any atom is 0.126 e. The Hall–Kier alpha value is -1.25. The number of hydrogen-bond acceptors (Lipinski definition) is 1. The van der Waals surface area contributed by atoms with Gasteiger partial charge in [0.2, 0.25) is 0 Å². The molecule has 0 saturated carbocycles. The van der Waals surface area contributed by atoms with E-state index in [0.717, 1.165) is 18.2 Å². The summed E-state index contributed by atoms with van der Waals surface area (Å²) < 4.78 is 25.3. The smallest absolute Gasteiger partial charge is 0.126 e. The van der Waals surface area contributed by atoms with Crippen LogP contribution in [0.4, 0.5) is 8.78 Å². The molecule has 0 unspecified atom stereocenters. The van der Waals surface area contributed by atoms with Crippen LogP contribution in [0.15, 0.2) is 18.2 Å². The molecule has 0 heterocycles. The van der Waals surface area contributed by atoms with E-state index >= 15 is 0 Å². The number of hydrogen-bond donors (Lipinski definition) is 0. The average Bonchev–Trinajstić information content (AvgIpc) is 2.07. The summed E-state index contributed by atoms with van der Waals surface area (Å²) in [6, 6.07) is 3.23. The van der Waals surface area contributed by atoms with Crippen molar-refractivity contribution < 1.29 is 13.6 Å². The van der Waals surface area contributed by atoms with Crippen molar-refractivity contribution in [1.29, 1.82) is 0 Å². The SMILES string of the molecule is O=CCCc1cc(F)ccc1F. The van der Waals surface area contributed by atoms with Crippen molar-refractivity contribution in [3.05, 3.63) is 35.4 Å². The second-order valence-electron chi connectivity index (χ2n) is 2.44. The summed E-state index contributed by atoms with van der Waals surface area (Å²) in [4.78, 5) is 9.96. The third-order valence-corrected chi connectivity index (χ3v) is 1.54. The van der Waals surface area contributed by atoms with E-state index in [-0.39, 0.29) is 18.4 Å². The van der Waals surface area contributed by atoms with Crippen LogP contribution < -0.4 is 0 Å². The summed E-state index contributed by atoms with van der Waals surface area (Å²) in [7, 11) is 0. The van der Waals surface area contributed by atoms with Crippen molar-refractivity contribution in [2.45, 2.75) is 12.8 Å². The molecule has 0 aliphatic heterocycles. The molecule has 0 spiro atoms. The Morgan fingerprint density at radius 1 is 1.33 bits per heavy atom. The highest BCUT2D eigenvalue weighted by molar-refractivity contribution is 5.50. The molecule has 0 saturated heterocycles. The monoisotopic (exact) mass is 170 g/mol. The van der Waals surface area contributed by atoms with Crippen molar-refractivity contribution in [1.82, 2.24) is 0 Å². The van der Waals surface area contributed by atoms with Gasteiger partial charge in [-0.1, -0.05) is 0 Å². The molecule has 0 bridgehead atoms. The van der Waals surface area contributed by atoms with Crippen molar-refractivity contribution in [3.8, 4) is 0 Å². The zero-order chi connectivity index (χ0) is 8.97. The molecule has 0 atom stereocenters. The Morgan fingerprint density at radius 2 is 2.08 bits per heavy atom. The summed E-state index contributed by atoms with van der Waals surface area (Å²) in [5, 5.41) is 0. The molecule has 0 fully saturated rings. The van der Waals surface area contributed by atoms with Crippen LogP contribution in [0.1, 0.15) is 12.0 Å². The number of aryl methyl sites for hydroxylation is 1. The number of benzene rings is 1. The molecule has 1 rings (SSSR count). The van der Waals surface area contributed by atoms with Gasteiger partial charge in [-0.2, -0.15) is 0 Å². The summed E-state index contributed by atoms with van der Waals surface area (Å²) in [5.41, 5.74) is 0.252. The van der Waals surface area contributed by atoms with E-state index in [1.165, 1.54) is 0 Å². The molecule has 1 nitrogen and oxygen atoms in total. The van der Waals surface area contributed by atoms with Gasteiger partial charge in [0, 0.05) is 6.42 Å². The zero-order valence-corrected chi connectivity index (χ0v) is 6.39. The zero-order valence-electron chi connectivity index (χ0n) is 6.39. The molecular weight excluding hydrogens is 162 g/mol. The van der Waals surface area contributed by atoms with Gasteiger partial charge in [-0.15, -0.1) is 0 Å². The van der Waals surface area contributed by atoms with Crippen LogP contribution in [0.3, 0.4) is 0 Å². The lowest BCUT2D eigenvalue weighted by molar-refractivity contribution is -0.107. The molecule has 1 aromatic rings. The van der Waals surface area contributed by atoms with Gasteiger partial charge in [-0.3, -0.25) is 0 Å². The highest BCUT2D eigenvalue weighted by atomic mass is 19.1. The Bertz CT molecular complexity index is 284. The van der Waals surface area contributed by atoms with Gasteiger partial charge in [0.15, 0.2) is 0 Å². The lowest BCUT2D eigenvalue weighted by Crippen LogP contribution is -1.92. The first kappa shape index (κ1) is 8.84. The van der Waals surface area contributed by atoms with Gasteiger partial charge in [-0.25, -0.2) is 8.78 Å². The van der Waals surface area contributed by atoms with Crippen molar-refractivity contribution in [2.24, 2.45) is 0 Å². The van der Waals surface area contributed by atoms with E-state index in [1.807, 2.05) is 0 Å². The van der Waals surface area contributed by atoms with Gasteiger partial charge in [-0.05, 0) is 30.2 Å². The molecule has 0 radical (unpaired) electrons. The molecule has 12 heavy (non-hydrogen) atoms. The summed E-state index contributed by atoms with van der Waals surface area (Å²) in [6.07, 6.45) is 1.16. The van der Waals surface area contributed by atoms with E-state index in [1.54, 1.807) is 0 Å². The van der Waals surface area contributed by atoms with Crippen LogP contribution in [0.5, 0.6) is 0 Å². The summed E-state index contributed by atoms with van der Waals surface area (Å²) >= 11 is 0. The van der Waals surface area contributed by atoms with Crippen LogP contribution in [0.2, 0.25) is 0 Å². The Kier molecular flexibility index (Phi) is 2.91. The van der Waals surface area contributed by atoms with E-state index in [9.17, 15) is 13.6 Å². The lowest BCUT2D eigenvalue weighted by Gasteiger charge is -1.99. The minimum Gasteiger partial charge on any atom is -0.303 e. The standard InChI is InChI=1S/C9H8F2O/c10-8-3-4-9(11)7(6-8)2-1-5-12/h3-6H,1-2H2. The number of carbonyl (C=O) groups excluding carboxylic acids is 1. The Labute approximate surface area is 69.0 Å². The predicted octanol–water partition coefficient (Wildman–Crippen LogP) is 2.10. The maximum absolute atomic E-state index is 12.8. The fourth-order valence-corrected chi connectivity index (χ4v) is 0.949. The Morgan fingerprint density at radius 3 is 2.75 bits per heavy atom. The van der Waals surface area contributed by atoms with E-state index in [4.69, 9.17) is 0 Å². The van der Waals surface area contributed by atoms with E-state index in [2.05, 4.69) is 0 Å². The Balaban J connectivity index is 2.82. The fraction of sp³-hybridized carbons (Fsp3) is 0.222. The second-order valence-corrected chi connectivity index (χ2v) is 2.44. The van der Waals surface area contributed by atoms with Crippen LogP contribution in [-0.4, -0.2) is 6.29 Å². The van der Waals surface area contributed by atoms with Crippen LogP contribution in [0, 0.1) is 11.6 Å². The molecule has 0 aliphatic carbocycles. The minimum absolute atomic E-state index is 0.223. The third kappa shape index (κ3) is 2.12. The van der Waals surface area contributed by atoms with Gasteiger partial charge in [0.25, 0.3) is 0 Å². The molecule has 3 heteroatoms. The second kappa shape index (κ2) is 3.95. The largest absolute Gasteiger partial charge is 0.303 e. The molecule has 64 valence electrons. The molecule has 0 aliphatic rings. The van der Waals surface area contributed by atoms with Crippen LogP contribution in [-0.2, 0) is 11.2 Å². The normalized spacial score (nSPS) is 9.83. The van der Waals surface area contributed by atoms with Crippen LogP contribution in [0.25, 0.3) is 0 Å². The average molecular weight is 170 g/mol. The van der Waals surface area contributed by atoms with Gasteiger partial charge in [0.05, 0.1) is 0 Å². The van der Waals surface area contributed by atoms with Crippen molar-refractivity contribution in [3.63, 3.8) is 0 Å². The first-order chi connectivity index (χ1) is 5.74. The van der Waals surface area contributed by atoms with Gasteiger partial charge < -0.3 is 4.79 Å². The predicted molar refractivity (Wildman–Crippen MR) is 40.7 cm³/mol. The van der Waals surface area contributed by atoms with Gasteiger partial charge >= 0.3 is 0 Å². The highest BCUT2D eigenvalue weighted by Gasteiger charge is 2.02. The molecule has 0 amide bonds. The first-order valence-electron chi connectivity index (χ1n) is 3.61. The highest BCUT2D eigenvalue weighted by Crippen LogP contribution is 2.10. The van der Waals surface area contributed by atoms with Gasteiger partial charge in [0.1, 0.15) is 17.9 Å².